The number of hydrogen-bond donors (Lipinski definition) is 2. The van der Waals surface area contributed by atoms with Crippen molar-refractivity contribution in [2.24, 2.45) is 5.92 Å². The second-order valence-corrected chi connectivity index (χ2v) is 6.18. The van der Waals surface area contributed by atoms with E-state index in [1.54, 1.807) is 18.1 Å². The molecule has 0 spiro atoms. The predicted molar refractivity (Wildman–Crippen MR) is 84.4 cm³/mol. The number of likely N-dealkylation sites (tertiary alicyclic amines) is 1. The number of methoxy groups -OCH3 is 1. The van der Waals surface area contributed by atoms with Gasteiger partial charge in [0.05, 0.1) is 19.1 Å². The van der Waals surface area contributed by atoms with E-state index >= 15 is 0 Å². The molecule has 1 saturated heterocycles. The van der Waals surface area contributed by atoms with Crippen LogP contribution in [0.2, 0.25) is 0 Å². The van der Waals surface area contributed by atoms with Crippen molar-refractivity contribution in [2.45, 2.75) is 31.3 Å². The van der Waals surface area contributed by atoms with Crippen LogP contribution < -0.4 is 10.1 Å². The van der Waals surface area contributed by atoms with Gasteiger partial charge in [0.25, 0.3) is 0 Å². The maximum absolute atomic E-state index is 12.4. The molecule has 7 nitrogen and oxygen atoms in total. The van der Waals surface area contributed by atoms with E-state index in [0.29, 0.717) is 5.75 Å². The number of hydrogen-bond acceptors (Lipinski definition) is 4. The van der Waals surface area contributed by atoms with Gasteiger partial charge in [0, 0.05) is 12.5 Å². The molecule has 0 radical (unpaired) electrons. The van der Waals surface area contributed by atoms with Crippen molar-refractivity contribution in [1.82, 2.24) is 10.2 Å². The SMILES string of the molecule is COc1cccc(C2C(C(=O)NCC(=O)O)CC(=O)N2C2CC2)c1. The van der Waals surface area contributed by atoms with Gasteiger partial charge in [0.1, 0.15) is 12.3 Å². The number of nitrogens with one attached hydrogen (secondary N) is 1. The van der Waals surface area contributed by atoms with Gasteiger partial charge in [-0.25, -0.2) is 0 Å². The lowest BCUT2D eigenvalue weighted by atomic mass is 9.92. The average molecular weight is 332 g/mol. The first-order valence-electron chi connectivity index (χ1n) is 7.96. The maximum atomic E-state index is 12.4. The van der Waals surface area contributed by atoms with Gasteiger partial charge < -0.3 is 20.1 Å². The van der Waals surface area contributed by atoms with Gasteiger partial charge in [-0.3, -0.25) is 14.4 Å². The molecular formula is C17H20N2O5. The lowest BCUT2D eigenvalue weighted by molar-refractivity contribution is -0.138. The summed E-state index contributed by atoms with van der Waals surface area (Å²) < 4.78 is 5.25. The molecule has 1 heterocycles. The van der Waals surface area contributed by atoms with Crippen molar-refractivity contribution >= 4 is 17.8 Å². The zero-order valence-corrected chi connectivity index (χ0v) is 13.4. The number of rotatable bonds is 6. The zero-order chi connectivity index (χ0) is 17.3. The number of carbonyl (C=O) groups is 3. The lowest BCUT2D eigenvalue weighted by Crippen LogP contribution is -2.38. The molecular weight excluding hydrogens is 312 g/mol. The number of carboxylic acid groups (broad SMARTS) is 1. The van der Waals surface area contributed by atoms with Crippen LogP contribution in [0.5, 0.6) is 5.75 Å². The largest absolute Gasteiger partial charge is 0.497 e. The minimum Gasteiger partial charge on any atom is -0.497 e. The monoisotopic (exact) mass is 332 g/mol. The summed E-state index contributed by atoms with van der Waals surface area (Å²) in [7, 11) is 1.56. The Labute approximate surface area is 139 Å². The molecule has 1 aromatic carbocycles. The number of ether oxygens (including phenoxy) is 1. The fourth-order valence-corrected chi connectivity index (χ4v) is 3.29. The Bertz CT molecular complexity index is 671. The molecule has 1 saturated carbocycles. The van der Waals surface area contributed by atoms with Crippen molar-refractivity contribution < 1.29 is 24.2 Å². The van der Waals surface area contributed by atoms with E-state index < -0.39 is 24.3 Å². The summed E-state index contributed by atoms with van der Waals surface area (Å²) in [5.41, 5.74) is 0.836. The number of benzene rings is 1. The smallest absolute Gasteiger partial charge is 0.322 e. The first-order valence-corrected chi connectivity index (χ1v) is 7.96. The molecule has 24 heavy (non-hydrogen) atoms. The number of aliphatic carboxylic acids is 1. The first kappa shape index (κ1) is 16.3. The van der Waals surface area contributed by atoms with Gasteiger partial charge >= 0.3 is 5.97 Å². The highest BCUT2D eigenvalue weighted by atomic mass is 16.5. The molecule has 2 aliphatic rings. The molecule has 2 N–H and O–H groups in total. The molecule has 1 aromatic rings. The number of nitrogens with zero attached hydrogens (tertiary/aromatic N) is 1. The Hall–Kier alpha value is -2.57. The average Bonchev–Trinajstić information content (AvgIpc) is 3.35. The van der Waals surface area contributed by atoms with Crippen LogP contribution in [0.4, 0.5) is 0 Å². The summed E-state index contributed by atoms with van der Waals surface area (Å²) in [6, 6.07) is 7.13. The van der Waals surface area contributed by atoms with E-state index in [1.165, 1.54) is 0 Å². The molecule has 7 heteroatoms. The van der Waals surface area contributed by atoms with Gasteiger partial charge in [-0.15, -0.1) is 0 Å². The summed E-state index contributed by atoms with van der Waals surface area (Å²) in [5, 5.41) is 11.2. The number of amides is 2. The van der Waals surface area contributed by atoms with Crippen molar-refractivity contribution in [3.05, 3.63) is 29.8 Å². The van der Waals surface area contributed by atoms with Crippen LogP contribution >= 0.6 is 0 Å². The Morgan fingerprint density at radius 3 is 2.75 bits per heavy atom. The molecule has 2 fully saturated rings. The molecule has 2 atom stereocenters. The normalized spacial score (nSPS) is 23.2. The van der Waals surface area contributed by atoms with Crippen molar-refractivity contribution in [2.75, 3.05) is 13.7 Å². The third kappa shape index (κ3) is 3.20. The third-order valence-electron chi connectivity index (χ3n) is 4.49. The van der Waals surface area contributed by atoms with E-state index in [0.717, 1.165) is 18.4 Å². The Kier molecular flexibility index (Phi) is 4.42. The Morgan fingerprint density at radius 2 is 2.12 bits per heavy atom. The van der Waals surface area contributed by atoms with Crippen LogP contribution in [0.25, 0.3) is 0 Å². The van der Waals surface area contributed by atoms with Crippen LogP contribution in [-0.2, 0) is 14.4 Å². The van der Waals surface area contributed by atoms with Gasteiger partial charge in [-0.05, 0) is 30.5 Å². The summed E-state index contributed by atoms with van der Waals surface area (Å²) in [6.45, 7) is -0.447. The lowest BCUT2D eigenvalue weighted by Gasteiger charge is -2.28. The quantitative estimate of drug-likeness (QED) is 0.808. The standard InChI is InChI=1S/C17H20N2O5/c1-24-12-4-2-3-10(7-12)16-13(17(23)18-9-15(21)22)8-14(20)19(16)11-5-6-11/h2-4,7,11,13,16H,5-6,8-9H2,1H3,(H,18,23)(H,21,22). The summed E-state index contributed by atoms with van der Waals surface area (Å²) in [6.07, 6.45) is 1.98. The van der Waals surface area contributed by atoms with Crippen LogP contribution in [0.1, 0.15) is 30.9 Å². The van der Waals surface area contributed by atoms with E-state index in [9.17, 15) is 14.4 Å². The fraction of sp³-hybridized carbons (Fsp3) is 0.471. The maximum Gasteiger partial charge on any atom is 0.322 e. The summed E-state index contributed by atoms with van der Waals surface area (Å²) in [4.78, 5) is 37.4. The molecule has 0 bridgehead atoms. The second-order valence-electron chi connectivity index (χ2n) is 6.18. The number of carboxylic acids is 1. The summed E-state index contributed by atoms with van der Waals surface area (Å²) in [5.74, 6) is -1.50. The fourth-order valence-electron chi connectivity index (χ4n) is 3.29. The highest BCUT2D eigenvalue weighted by molar-refractivity contribution is 5.92. The van der Waals surface area contributed by atoms with Gasteiger partial charge in [0.2, 0.25) is 11.8 Å². The van der Waals surface area contributed by atoms with Gasteiger partial charge in [-0.2, -0.15) is 0 Å². The molecule has 3 rings (SSSR count). The van der Waals surface area contributed by atoms with E-state index in [4.69, 9.17) is 9.84 Å². The minimum atomic E-state index is -1.11. The third-order valence-corrected chi connectivity index (χ3v) is 4.49. The predicted octanol–water partition coefficient (Wildman–Crippen LogP) is 0.948. The van der Waals surface area contributed by atoms with Crippen LogP contribution in [0, 0.1) is 5.92 Å². The topological polar surface area (TPSA) is 95.9 Å². The van der Waals surface area contributed by atoms with Crippen LogP contribution in [0.15, 0.2) is 24.3 Å². The molecule has 128 valence electrons. The molecule has 0 aromatic heterocycles. The molecule has 2 amide bonds. The van der Waals surface area contributed by atoms with Crippen molar-refractivity contribution in [3.8, 4) is 5.75 Å². The Morgan fingerprint density at radius 1 is 1.38 bits per heavy atom. The highest BCUT2D eigenvalue weighted by Crippen LogP contribution is 2.45. The second kappa shape index (κ2) is 6.51. The van der Waals surface area contributed by atoms with Crippen molar-refractivity contribution in [3.63, 3.8) is 0 Å². The molecule has 2 unspecified atom stereocenters. The van der Waals surface area contributed by atoms with Gasteiger partial charge in [-0.1, -0.05) is 12.1 Å². The Balaban J connectivity index is 1.90. The summed E-state index contributed by atoms with van der Waals surface area (Å²) >= 11 is 0. The van der Waals surface area contributed by atoms with E-state index in [1.807, 2.05) is 18.2 Å². The van der Waals surface area contributed by atoms with E-state index in [-0.39, 0.29) is 24.4 Å². The van der Waals surface area contributed by atoms with Crippen LogP contribution in [-0.4, -0.2) is 47.5 Å². The van der Waals surface area contributed by atoms with Gasteiger partial charge in [0.15, 0.2) is 0 Å². The van der Waals surface area contributed by atoms with Crippen LogP contribution in [0.3, 0.4) is 0 Å². The molecule has 1 aliphatic heterocycles. The zero-order valence-electron chi connectivity index (χ0n) is 13.4. The van der Waals surface area contributed by atoms with E-state index in [2.05, 4.69) is 5.32 Å². The number of carbonyl (C=O) groups excluding carboxylic acids is 2. The molecule has 1 aliphatic carbocycles. The minimum absolute atomic E-state index is 0.0548. The highest BCUT2D eigenvalue weighted by Gasteiger charge is 2.49. The first-order chi connectivity index (χ1) is 11.5. The van der Waals surface area contributed by atoms with Crippen molar-refractivity contribution in [1.29, 1.82) is 0 Å².